The molecule has 0 bridgehead atoms. The number of thiophene rings is 1. The molecule has 33 heavy (non-hydrogen) atoms. The van der Waals surface area contributed by atoms with Crippen molar-refractivity contribution in [2.75, 3.05) is 25.3 Å². The first-order valence-electron chi connectivity index (χ1n) is 9.98. The van der Waals surface area contributed by atoms with Gasteiger partial charge in [0.05, 0.1) is 31.1 Å². The van der Waals surface area contributed by atoms with E-state index < -0.39 is 11.9 Å². The first kappa shape index (κ1) is 24.5. The number of amides is 1. The summed E-state index contributed by atoms with van der Waals surface area (Å²) in [5.74, 6) is -0.780. The molecule has 2 aromatic heterocycles. The molecule has 0 aliphatic rings. The third-order valence-corrected chi connectivity index (χ3v) is 6.37. The third-order valence-electron chi connectivity index (χ3n) is 4.56. The Morgan fingerprint density at radius 2 is 1.70 bits per heavy atom. The lowest BCUT2D eigenvalue weighted by atomic mass is 10.1. The van der Waals surface area contributed by atoms with Gasteiger partial charge in [0, 0.05) is 27.5 Å². The minimum absolute atomic E-state index is 0.0591. The lowest BCUT2D eigenvalue weighted by Crippen LogP contribution is -2.16. The molecule has 0 fully saturated rings. The van der Waals surface area contributed by atoms with E-state index in [9.17, 15) is 14.4 Å². The van der Waals surface area contributed by atoms with Crippen molar-refractivity contribution in [1.29, 1.82) is 0 Å². The van der Waals surface area contributed by atoms with Gasteiger partial charge in [0.15, 0.2) is 11.0 Å². The molecule has 1 aromatic carbocycles. The zero-order valence-electron chi connectivity index (χ0n) is 18.9. The Bertz CT molecular complexity index is 1150. The molecule has 0 saturated heterocycles. The van der Waals surface area contributed by atoms with Crippen LogP contribution in [-0.4, -0.2) is 52.6 Å². The lowest BCUT2D eigenvalue weighted by molar-refractivity contribution is -0.113. The highest BCUT2D eigenvalue weighted by Crippen LogP contribution is 2.30. The summed E-state index contributed by atoms with van der Waals surface area (Å²) >= 11 is 2.89. The fourth-order valence-electron chi connectivity index (χ4n) is 3.10. The standard InChI is InChI=1S/C22H24N4O5S2/c1-12(2)26-19(16-6-13(3)32-10-16)24-25-22(26)33-11-18(27)23-17-8-14(20(28)30-4)7-15(9-17)21(29)31-5/h6-10,12H,11H2,1-5H3,(H,23,27). The molecule has 0 aliphatic heterocycles. The van der Waals surface area contributed by atoms with Crippen LogP contribution in [0.1, 0.15) is 45.5 Å². The zero-order chi connectivity index (χ0) is 24.1. The molecule has 2 heterocycles. The topological polar surface area (TPSA) is 112 Å². The van der Waals surface area contributed by atoms with E-state index in [2.05, 4.69) is 21.6 Å². The van der Waals surface area contributed by atoms with Gasteiger partial charge in [-0.3, -0.25) is 9.36 Å². The summed E-state index contributed by atoms with van der Waals surface area (Å²) in [6, 6.07) is 6.38. The number of thioether (sulfide) groups is 1. The van der Waals surface area contributed by atoms with Crippen LogP contribution in [-0.2, 0) is 14.3 Å². The summed E-state index contributed by atoms with van der Waals surface area (Å²) in [7, 11) is 2.47. The number of anilines is 1. The summed E-state index contributed by atoms with van der Waals surface area (Å²) in [6.07, 6.45) is 0. The molecule has 0 saturated carbocycles. The van der Waals surface area contributed by atoms with Crippen LogP contribution in [0, 0.1) is 6.92 Å². The molecule has 1 amide bonds. The van der Waals surface area contributed by atoms with Gasteiger partial charge in [0.2, 0.25) is 5.91 Å². The Labute approximate surface area is 199 Å². The van der Waals surface area contributed by atoms with E-state index in [1.807, 2.05) is 30.7 Å². The number of hydrogen-bond acceptors (Lipinski definition) is 9. The monoisotopic (exact) mass is 488 g/mol. The van der Waals surface area contributed by atoms with Gasteiger partial charge in [-0.15, -0.1) is 21.5 Å². The van der Waals surface area contributed by atoms with Crippen molar-refractivity contribution >= 4 is 46.6 Å². The largest absolute Gasteiger partial charge is 0.465 e. The second kappa shape index (κ2) is 10.6. The molecule has 0 unspecified atom stereocenters. The molecule has 0 aliphatic carbocycles. The maximum absolute atomic E-state index is 12.6. The number of rotatable bonds is 8. The van der Waals surface area contributed by atoms with Gasteiger partial charge in [-0.25, -0.2) is 9.59 Å². The van der Waals surface area contributed by atoms with Crippen LogP contribution in [0.25, 0.3) is 11.4 Å². The number of nitrogens with zero attached hydrogens (tertiary/aromatic N) is 3. The first-order valence-corrected chi connectivity index (χ1v) is 11.8. The summed E-state index contributed by atoms with van der Waals surface area (Å²) in [5, 5.41) is 14.0. The van der Waals surface area contributed by atoms with Gasteiger partial charge in [0.25, 0.3) is 0 Å². The van der Waals surface area contributed by atoms with Gasteiger partial charge in [0.1, 0.15) is 0 Å². The lowest BCUT2D eigenvalue weighted by Gasteiger charge is -2.13. The molecule has 0 atom stereocenters. The van der Waals surface area contributed by atoms with E-state index in [-0.39, 0.29) is 34.5 Å². The van der Waals surface area contributed by atoms with E-state index in [0.717, 1.165) is 11.4 Å². The van der Waals surface area contributed by atoms with Gasteiger partial charge < -0.3 is 14.8 Å². The molecule has 11 heteroatoms. The van der Waals surface area contributed by atoms with Gasteiger partial charge in [-0.2, -0.15) is 0 Å². The summed E-state index contributed by atoms with van der Waals surface area (Å²) in [5.41, 5.74) is 1.52. The minimum atomic E-state index is -0.633. The maximum atomic E-state index is 12.6. The quantitative estimate of drug-likeness (QED) is 0.371. The van der Waals surface area contributed by atoms with Crippen molar-refractivity contribution in [2.24, 2.45) is 0 Å². The summed E-state index contributed by atoms with van der Waals surface area (Å²) < 4.78 is 11.4. The molecule has 1 N–H and O–H groups in total. The first-order chi connectivity index (χ1) is 15.7. The van der Waals surface area contributed by atoms with Gasteiger partial charge >= 0.3 is 11.9 Å². The van der Waals surface area contributed by atoms with Crippen LogP contribution in [0.15, 0.2) is 34.8 Å². The molecular formula is C22H24N4O5S2. The number of carbonyl (C=O) groups excluding carboxylic acids is 3. The number of nitrogens with one attached hydrogen (secondary N) is 1. The maximum Gasteiger partial charge on any atom is 0.337 e. The van der Waals surface area contributed by atoms with E-state index in [4.69, 9.17) is 9.47 Å². The highest BCUT2D eigenvalue weighted by atomic mass is 32.2. The molecule has 3 aromatic rings. The van der Waals surface area contributed by atoms with E-state index >= 15 is 0 Å². The molecule has 3 rings (SSSR count). The fourth-order valence-corrected chi connectivity index (χ4v) is 4.65. The Kier molecular flexibility index (Phi) is 7.88. The molecule has 0 spiro atoms. The average Bonchev–Trinajstić information content (AvgIpc) is 3.42. The number of ether oxygens (including phenoxy) is 2. The van der Waals surface area contributed by atoms with Crippen molar-refractivity contribution in [3.05, 3.63) is 45.6 Å². The van der Waals surface area contributed by atoms with E-state index in [1.165, 1.54) is 49.1 Å². The average molecular weight is 489 g/mol. The van der Waals surface area contributed by atoms with Gasteiger partial charge in [-0.05, 0) is 45.0 Å². The van der Waals surface area contributed by atoms with Crippen molar-refractivity contribution in [3.63, 3.8) is 0 Å². The Hall–Kier alpha value is -3.18. The minimum Gasteiger partial charge on any atom is -0.465 e. The second-order valence-electron chi connectivity index (χ2n) is 7.34. The van der Waals surface area contributed by atoms with E-state index in [1.54, 1.807) is 11.3 Å². The van der Waals surface area contributed by atoms with Crippen LogP contribution in [0.4, 0.5) is 5.69 Å². The van der Waals surface area contributed by atoms with Crippen LogP contribution >= 0.6 is 23.1 Å². The Balaban J connectivity index is 1.76. The van der Waals surface area contributed by atoms with Gasteiger partial charge in [-0.1, -0.05) is 11.8 Å². The number of esters is 2. The number of methoxy groups -OCH3 is 2. The van der Waals surface area contributed by atoms with Crippen LogP contribution < -0.4 is 5.32 Å². The smallest absolute Gasteiger partial charge is 0.337 e. The third kappa shape index (κ3) is 5.79. The fraction of sp³-hybridized carbons (Fsp3) is 0.318. The summed E-state index contributed by atoms with van der Waals surface area (Å²) in [6.45, 7) is 6.09. The van der Waals surface area contributed by atoms with Crippen molar-refractivity contribution < 1.29 is 23.9 Å². The SMILES string of the molecule is COC(=O)c1cc(NC(=O)CSc2nnc(-c3csc(C)c3)n2C(C)C)cc(C(=O)OC)c1. The van der Waals surface area contributed by atoms with Crippen LogP contribution in [0.5, 0.6) is 0 Å². The summed E-state index contributed by atoms with van der Waals surface area (Å²) in [4.78, 5) is 37.7. The number of aryl methyl sites for hydroxylation is 1. The number of aromatic nitrogens is 3. The zero-order valence-corrected chi connectivity index (χ0v) is 20.5. The predicted octanol–water partition coefficient (Wildman–Crippen LogP) is 4.20. The normalized spacial score (nSPS) is 10.8. The Morgan fingerprint density at radius 1 is 1.06 bits per heavy atom. The molecular weight excluding hydrogens is 464 g/mol. The highest BCUT2D eigenvalue weighted by molar-refractivity contribution is 7.99. The van der Waals surface area contributed by atoms with Crippen LogP contribution in [0.2, 0.25) is 0 Å². The van der Waals surface area contributed by atoms with Crippen molar-refractivity contribution in [3.8, 4) is 11.4 Å². The number of benzene rings is 1. The Morgan fingerprint density at radius 3 is 2.21 bits per heavy atom. The molecule has 9 nitrogen and oxygen atoms in total. The molecule has 174 valence electrons. The van der Waals surface area contributed by atoms with Crippen LogP contribution in [0.3, 0.4) is 0 Å². The number of hydrogen-bond donors (Lipinski definition) is 1. The second-order valence-corrected chi connectivity index (χ2v) is 9.39. The van der Waals surface area contributed by atoms with Crippen molar-refractivity contribution in [1.82, 2.24) is 14.8 Å². The van der Waals surface area contributed by atoms with Crippen molar-refractivity contribution in [2.45, 2.75) is 32.0 Å². The van der Waals surface area contributed by atoms with E-state index in [0.29, 0.717) is 5.16 Å². The highest BCUT2D eigenvalue weighted by Gasteiger charge is 2.19. The number of carbonyl (C=O) groups is 3. The molecule has 0 radical (unpaired) electrons. The predicted molar refractivity (Wildman–Crippen MR) is 127 cm³/mol.